The molecule has 0 amide bonds. The summed E-state index contributed by atoms with van der Waals surface area (Å²) in [5.41, 5.74) is 1.70. The van der Waals surface area contributed by atoms with Crippen LogP contribution < -0.4 is 5.32 Å². The Balaban J connectivity index is 1.94. The van der Waals surface area contributed by atoms with Gasteiger partial charge in [-0.05, 0) is 50.5 Å². The van der Waals surface area contributed by atoms with E-state index in [0.29, 0.717) is 17.4 Å². The first-order valence-electron chi connectivity index (χ1n) is 5.96. The average Bonchev–Trinajstić information content (AvgIpc) is 2.79. The molecular weight excluding hydrogens is 212 g/mol. The largest absolute Gasteiger partial charge is 0.382 e. The Hall–Kier alpha value is -1.82. The van der Waals surface area contributed by atoms with Crippen LogP contribution in [0.15, 0.2) is 24.3 Å². The number of hydrogen-bond donors (Lipinski definition) is 1. The van der Waals surface area contributed by atoms with E-state index in [1.807, 2.05) is 12.1 Å². The molecule has 88 valence electrons. The maximum absolute atomic E-state index is 11.3. The summed E-state index contributed by atoms with van der Waals surface area (Å²) in [6, 6.07) is 9.93. The van der Waals surface area contributed by atoms with Gasteiger partial charge in [0.25, 0.3) is 0 Å². The first-order chi connectivity index (χ1) is 8.19. The first-order valence-corrected chi connectivity index (χ1v) is 5.96. The second kappa shape index (κ2) is 5.01. The number of nitrogens with one attached hydrogen (secondary N) is 1. The Bertz CT molecular complexity index is 444. The van der Waals surface area contributed by atoms with Crippen LogP contribution in [0.1, 0.15) is 31.7 Å². The molecule has 2 rings (SSSR count). The molecular formula is C14H16N2O. The molecule has 3 heteroatoms. The van der Waals surface area contributed by atoms with Crippen molar-refractivity contribution in [2.24, 2.45) is 5.92 Å². The van der Waals surface area contributed by atoms with Crippen molar-refractivity contribution in [1.29, 1.82) is 5.26 Å². The summed E-state index contributed by atoms with van der Waals surface area (Å²) in [4.78, 5) is 11.3. The Morgan fingerprint density at radius 1 is 1.35 bits per heavy atom. The highest BCUT2D eigenvalue weighted by Gasteiger charge is 2.27. The second-order valence-corrected chi connectivity index (χ2v) is 4.65. The highest BCUT2D eigenvalue weighted by Crippen LogP contribution is 2.28. The van der Waals surface area contributed by atoms with Crippen LogP contribution in [0, 0.1) is 17.2 Å². The van der Waals surface area contributed by atoms with Gasteiger partial charge in [-0.1, -0.05) is 0 Å². The lowest BCUT2D eigenvalue weighted by atomic mass is 10.0. The zero-order chi connectivity index (χ0) is 12.3. The normalized spacial score (nSPS) is 23.1. The molecule has 1 aromatic carbocycles. The SMILES string of the molecule is CC(=O)C1CCC(Nc2ccc(C#N)cc2)C1. The van der Waals surface area contributed by atoms with E-state index in [2.05, 4.69) is 11.4 Å². The topological polar surface area (TPSA) is 52.9 Å². The molecule has 1 aromatic rings. The van der Waals surface area contributed by atoms with E-state index in [1.54, 1.807) is 19.1 Å². The minimum Gasteiger partial charge on any atom is -0.382 e. The van der Waals surface area contributed by atoms with Gasteiger partial charge in [0.2, 0.25) is 0 Å². The van der Waals surface area contributed by atoms with Gasteiger partial charge in [0.15, 0.2) is 0 Å². The molecule has 2 atom stereocenters. The molecule has 1 N–H and O–H groups in total. The van der Waals surface area contributed by atoms with E-state index in [-0.39, 0.29) is 5.92 Å². The summed E-state index contributed by atoms with van der Waals surface area (Å²) in [5, 5.41) is 12.1. The third-order valence-electron chi connectivity index (χ3n) is 3.39. The van der Waals surface area contributed by atoms with Gasteiger partial charge in [0.05, 0.1) is 11.6 Å². The summed E-state index contributed by atoms with van der Waals surface area (Å²) >= 11 is 0. The van der Waals surface area contributed by atoms with E-state index >= 15 is 0 Å². The first kappa shape index (κ1) is 11.7. The van der Waals surface area contributed by atoms with Gasteiger partial charge in [-0.25, -0.2) is 0 Å². The molecule has 2 unspecified atom stereocenters. The van der Waals surface area contributed by atoms with Crippen molar-refractivity contribution >= 4 is 11.5 Å². The summed E-state index contributed by atoms with van der Waals surface area (Å²) in [6.07, 6.45) is 2.96. The van der Waals surface area contributed by atoms with Crippen molar-refractivity contribution in [3.8, 4) is 6.07 Å². The highest BCUT2D eigenvalue weighted by atomic mass is 16.1. The molecule has 1 fully saturated rings. The minimum absolute atomic E-state index is 0.228. The van der Waals surface area contributed by atoms with Crippen molar-refractivity contribution in [2.45, 2.75) is 32.2 Å². The van der Waals surface area contributed by atoms with Crippen LogP contribution in [0.2, 0.25) is 0 Å². The van der Waals surface area contributed by atoms with Crippen LogP contribution in [0.3, 0.4) is 0 Å². The predicted molar refractivity (Wildman–Crippen MR) is 66.6 cm³/mol. The minimum atomic E-state index is 0.228. The lowest BCUT2D eigenvalue weighted by molar-refractivity contribution is -0.120. The molecule has 0 heterocycles. The van der Waals surface area contributed by atoms with Crippen LogP contribution in [0.4, 0.5) is 5.69 Å². The number of anilines is 1. The standard InChI is InChI=1S/C14H16N2O/c1-10(17)12-4-7-14(8-12)16-13-5-2-11(9-15)3-6-13/h2-3,5-6,12,14,16H,4,7-8H2,1H3. The molecule has 0 aromatic heterocycles. The van der Waals surface area contributed by atoms with E-state index in [1.165, 1.54) is 0 Å². The van der Waals surface area contributed by atoms with Crippen LogP contribution in [-0.4, -0.2) is 11.8 Å². The van der Waals surface area contributed by atoms with Gasteiger partial charge >= 0.3 is 0 Å². The molecule has 0 saturated heterocycles. The highest BCUT2D eigenvalue weighted by molar-refractivity contribution is 5.78. The molecule has 0 aliphatic heterocycles. The summed E-state index contributed by atoms with van der Waals surface area (Å²) in [6.45, 7) is 1.68. The smallest absolute Gasteiger partial charge is 0.132 e. The molecule has 17 heavy (non-hydrogen) atoms. The summed E-state index contributed by atoms with van der Waals surface area (Å²) < 4.78 is 0. The van der Waals surface area contributed by atoms with Crippen LogP contribution in [-0.2, 0) is 4.79 Å². The summed E-state index contributed by atoms with van der Waals surface area (Å²) in [7, 11) is 0. The Kier molecular flexibility index (Phi) is 3.43. The third kappa shape index (κ3) is 2.85. The van der Waals surface area contributed by atoms with Gasteiger partial charge < -0.3 is 5.32 Å². The van der Waals surface area contributed by atoms with Crippen molar-refractivity contribution in [1.82, 2.24) is 0 Å². The molecule has 1 saturated carbocycles. The van der Waals surface area contributed by atoms with Gasteiger partial charge in [0, 0.05) is 17.6 Å². The fourth-order valence-electron chi connectivity index (χ4n) is 2.36. The molecule has 0 bridgehead atoms. The Morgan fingerprint density at radius 3 is 2.59 bits per heavy atom. The van der Waals surface area contributed by atoms with Crippen LogP contribution in [0.5, 0.6) is 0 Å². The molecule has 1 aliphatic rings. The number of nitrogens with zero attached hydrogens (tertiary/aromatic N) is 1. The quantitative estimate of drug-likeness (QED) is 0.865. The monoisotopic (exact) mass is 228 g/mol. The fraction of sp³-hybridized carbons (Fsp3) is 0.429. The number of Topliss-reactive ketones (excluding diaryl/α,β-unsaturated/α-hetero) is 1. The summed E-state index contributed by atoms with van der Waals surface area (Å²) in [5.74, 6) is 0.528. The van der Waals surface area contributed by atoms with Crippen molar-refractivity contribution in [3.63, 3.8) is 0 Å². The number of nitriles is 1. The van der Waals surface area contributed by atoms with Gasteiger partial charge in [-0.3, -0.25) is 4.79 Å². The number of hydrogen-bond acceptors (Lipinski definition) is 3. The molecule has 0 radical (unpaired) electrons. The molecule has 0 spiro atoms. The average molecular weight is 228 g/mol. The fourth-order valence-corrected chi connectivity index (χ4v) is 2.36. The number of carbonyl (C=O) groups is 1. The Labute approximate surface area is 101 Å². The maximum atomic E-state index is 11.3. The number of ketones is 1. The van der Waals surface area contributed by atoms with Crippen molar-refractivity contribution in [3.05, 3.63) is 29.8 Å². The number of benzene rings is 1. The number of rotatable bonds is 3. The zero-order valence-corrected chi connectivity index (χ0v) is 9.94. The van der Waals surface area contributed by atoms with E-state index in [0.717, 1.165) is 24.9 Å². The zero-order valence-electron chi connectivity index (χ0n) is 9.94. The molecule has 3 nitrogen and oxygen atoms in total. The van der Waals surface area contributed by atoms with Crippen LogP contribution >= 0.6 is 0 Å². The lowest BCUT2D eigenvalue weighted by Gasteiger charge is -2.14. The lowest BCUT2D eigenvalue weighted by Crippen LogP contribution is -2.17. The van der Waals surface area contributed by atoms with Crippen LogP contribution in [0.25, 0.3) is 0 Å². The maximum Gasteiger partial charge on any atom is 0.132 e. The van der Waals surface area contributed by atoms with E-state index in [9.17, 15) is 4.79 Å². The molecule has 1 aliphatic carbocycles. The Morgan fingerprint density at radius 2 is 2.06 bits per heavy atom. The van der Waals surface area contributed by atoms with Gasteiger partial charge in [0.1, 0.15) is 5.78 Å². The van der Waals surface area contributed by atoms with E-state index < -0.39 is 0 Å². The van der Waals surface area contributed by atoms with Crippen molar-refractivity contribution in [2.75, 3.05) is 5.32 Å². The second-order valence-electron chi connectivity index (χ2n) is 4.65. The van der Waals surface area contributed by atoms with Crippen molar-refractivity contribution < 1.29 is 4.79 Å². The van der Waals surface area contributed by atoms with E-state index in [4.69, 9.17) is 5.26 Å². The van der Waals surface area contributed by atoms with Gasteiger partial charge in [-0.2, -0.15) is 5.26 Å². The third-order valence-corrected chi connectivity index (χ3v) is 3.39. The predicted octanol–water partition coefficient (Wildman–Crippen LogP) is 2.73. The van der Waals surface area contributed by atoms with Gasteiger partial charge in [-0.15, -0.1) is 0 Å². The number of carbonyl (C=O) groups excluding carboxylic acids is 1.